The standard InChI is InChI=1S/C7H4BrNO2/c8-5-1-2-6(10)7(11)4(5)3-9/h1-2,10-11H. The Kier molecular flexibility index (Phi) is 2.01. The van der Waals surface area contributed by atoms with Crippen LogP contribution in [0.1, 0.15) is 5.56 Å². The van der Waals surface area contributed by atoms with Crippen LogP contribution in [-0.2, 0) is 0 Å². The topological polar surface area (TPSA) is 64.2 Å². The molecule has 2 N–H and O–H groups in total. The fourth-order valence-electron chi connectivity index (χ4n) is 0.662. The number of phenols is 2. The first-order valence-corrected chi connectivity index (χ1v) is 3.56. The van der Waals surface area contributed by atoms with E-state index >= 15 is 0 Å². The van der Waals surface area contributed by atoms with Crippen LogP contribution in [0.25, 0.3) is 0 Å². The van der Waals surface area contributed by atoms with Crippen LogP contribution in [0.4, 0.5) is 0 Å². The summed E-state index contributed by atoms with van der Waals surface area (Å²) in [6.07, 6.45) is 0. The predicted molar refractivity (Wildman–Crippen MR) is 42.2 cm³/mol. The van der Waals surface area contributed by atoms with E-state index in [-0.39, 0.29) is 17.1 Å². The zero-order valence-corrected chi connectivity index (χ0v) is 6.96. The van der Waals surface area contributed by atoms with E-state index in [0.717, 1.165) is 0 Å². The third-order valence-electron chi connectivity index (χ3n) is 1.22. The van der Waals surface area contributed by atoms with Gasteiger partial charge in [0.1, 0.15) is 11.6 Å². The van der Waals surface area contributed by atoms with Gasteiger partial charge in [0.25, 0.3) is 0 Å². The molecule has 0 heterocycles. The molecular formula is C7H4BrNO2. The zero-order valence-electron chi connectivity index (χ0n) is 5.37. The van der Waals surface area contributed by atoms with Crippen molar-refractivity contribution in [2.75, 3.05) is 0 Å². The Bertz CT molecular complexity index is 330. The Labute approximate surface area is 71.6 Å². The number of hydrogen-bond acceptors (Lipinski definition) is 3. The maximum absolute atomic E-state index is 9.08. The fraction of sp³-hybridized carbons (Fsp3) is 0. The zero-order chi connectivity index (χ0) is 8.43. The summed E-state index contributed by atoms with van der Waals surface area (Å²) in [4.78, 5) is 0. The van der Waals surface area contributed by atoms with Crippen LogP contribution in [0, 0.1) is 11.3 Å². The molecule has 0 aliphatic heterocycles. The average Bonchev–Trinajstić information content (AvgIpc) is 1.99. The lowest BCUT2D eigenvalue weighted by molar-refractivity contribution is 0.402. The molecule has 11 heavy (non-hydrogen) atoms. The fourth-order valence-corrected chi connectivity index (χ4v) is 1.07. The average molecular weight is 214 g/mol. The smallest absolute Gasteiger partial charge is 0.176 e. The van der Waals surface area contributed by atoms with Gasteiger partial charge in [0.05, 0.1) is 0 Å². The Hall–Kier alpha value is -1.21. The Morgan fingerprint density at radius 2 is 2.00 bits per heavy atom. The first kappa shape index (κ1) is 7.89. The third kappa shape index (κ3) is 1.28. The van der Waals surface area contributed by atoms with Crippen molar-refractivity contribution in [1.82, 2.24) is 0 Å². The van der Waals surface area contributed by atoms with Crippen LogP contribution in [0.15, 0.2) is 16.6 Å². The molecule has 1 aromatic rings. The van der Waals surface area contributed by atoms with Crippen molar-refractivity contribution in [1.29, 1.82) is 5.26 Å². The van der Waals surface area contributed by atoms with Gasteiger partial charge in [0.15, 0.2) is 11.5 Å². The molecule has 0 aliphatic carbocycles. The number of benzene rings is 1. The SMILES string of the molecule is N#Cc1c(Br)ccc(O)c1O. The molecular weight excluding hydrogens is 210 g/mol. The highest BCUT2D eigenvalue weighted by Crippen LogP contribution is 2.33. The molecule has 1 rings (SSSR count). The summed E-state index contributed by atoms with van der Waals surface area (Å²) in [5, 5.41) is 26.5. The number of nitrogens with zero attached hydrogens (tertiary/aromatic N) is 1. The lowest BCUT2D eigenvalue weighted by Crippen LogP contribution is -1.78. The van der Waals surface area contributed by atoms with Gasteiger partial charge in [0, 0.05) is 4.47 Å². The molecule has 0 atom stereocenters. The number of hydrogen-bond donors (Lipinski definition) is 2. The van der Waals surface area contributed by atoms with Crippen LogP contribution in [-0.4, -0.2) is 10.2 Å². The molecule has 0 spiro atoms. The molecule has 0 unspecified atom stereocenters. The maximum atomic E-state index is 9.08. The van der Waals surface area contributed by atoms with Crippen molar-refractivity contribution in [2.45, 2.75) is 0 Å². The van der Waals surface area contributed by atoms with E-state index in [9.17, 15) is 0 Å². The van der Waals surface area contributed by atoms with Crippen molar-refractivity contribution >= 4 is 15.9 Å². The highest BCUT2D eigenvalue weighted by molar-refractivity contribution is 9.10. The van der Waals surface area contributed by atoms with E-state index in [4.69, 9.17) is 15.5 Å². The summed E-state index contributed by atoms with van der Waals surface area (Å²) >= 11 is 3.05. The molecule has 56 valence electrons. The van der Waals surface area contributed by atoms with Crippen molar-refractivity contribution in [3.63, 3.8) is 0 Å². The first-order valence-electron chi connectivity index (χ1n) is 2.77. The number of rotatable bonds is 0. The van der Waals surface area contributed by atoms with Gasteiger partial charge in [-0.25, -0.2) is 0 Å². The van der Waals surface area contributed by atoms with E-state index < -0.39 is 0 Å². The van der Waals surface area contributed by atoms with Crippen LogP contribution in [0.3, 0.4) is 0 Å². The number of halogens is 1. The van der Waals surface area contributed by atoms with Crippen molar-refractivity contribution in [3.05, 3.63) is 22.2 Å². The van der Waals surface area contributed by atoms with Gasteiger partial charge in [-0.2, -0.15) is 5.26 Å². The number of nitriles is 1. The first-order chi connectivity index (χ1) is 5.16. The molecule has 0 radical (unpaired) electrons. The molecule has 0 aliphatic rings. The van der Waals surface area contributed by atoms with Crippen molar-refractivity contribution < 1.29 is 10.2 Å². The molecule has 0 saturated carbocycles. The molecule has 4 heteroatoms. The minimum Gasteiger partial charge on any atom is -0.504 e. The second kappa shape index (κ2) is 2.81. The van der Waals surface area contributed by atoms with E-state index in [1.165, 1.54) is 12.1 Å². The van der Waals surface area contributed by atoms with Gasteiger partial charge in [-0.3, -0.25) is 0 Å². The molecule has 0 saturated heterocycles. The van der Waals surface area contributed by atoms with Gasteiger partial charge in [0.2, 0.25) is 0 Å². The van der Waals surface area contributed by atoms with Gasteiger partial charge < -0.3 is 10.2 Å². The minimum atomic E-state index is -0.387. The lowest BCUT2D eigenvalue weighted by Gasteiger charge is -1.99. The summed E-state index contributed by atoms with van der Waals surface area (Å²) in [6, 6.07) is 4.55. The van der Waals surface area contributed by atoms with E-state index in [0.29, 0.717) is 4.47 Å². The molecule has 1 aromatic carbocycles. The van der Waals surface area contributed by atoms with Crippen molar-refractivity contribution in [2.24, 2.45) is 0 Å². The van der Waals surface area contributed by atoms with Gasteiger partial charge in [-0.1, -0.05) is 0 Å². The van der Waals surface area contributed by atoms with Gasteiger partial charge >= 0.3 is 0 Å². The number of phenolic OH excluding ortho intramolecular Hbond substituents is 2. The van der Waals surface area contributed by atoms with Crippen molar-refractivity contribution in [3.8, 4) is 17.6 Å². The minimum absolute atomic E-state index is 0.0463. The molecule has 0 fully saturated rings. The molecule has 0 bridgehead atoms. The molecule has 0 amide bonds. The van der Waals surface area contributed by atoms with E-state index in [2.05, 4.69) is 15.9 Å². The normalized spacial score (nSPS) is 9.09. The number of aromatic hydroxyl groups is 2. The van der Waals surface area contributed by atoms with Gasteiger partial charge in [-0.05, 0) is 28.1 Å². The van der Waals surface area contributed by atoms with Gasteiger partial charge in [-0.15, -0.1) is 0 Å². The summed E-state index contributed by atoms with van der Waals surface area (Å²) < 4.78 is 0.468. The van der Waals surface area contributed by atoms with E-state index in [1.807, 2.05) is 0 Å². The van der Waals surface area contributed by atoms with Crippen LogP contribution >= 0.6 is 15.9 Å². The largest absolute Gasteiger partial charge is 0.504 e. The maximum Gasteiger partial charge on any atom is 0.176 e. The quantitative estimate of drug-likeness (QED) is 0.646. The summed E-state index contributed by atoms with van der Waals surface area (Å²) in [7, 11) is 0. The summed E-state index contributed by atoms with van der Waals surface area (Å²) in [5.41, 5.74) is 0.0463. The highest BCUT2D eigenvalue weighted by atomic mass is 79.9. The van der Waals surface area contributed by atoms with E-state index in [1.54, 1.807) is 6.07 Å². The molecule has 0 aromatic heterocycles. The molecule has 3 nitrogen and oxygen atoms in total. The Balaban J connectivity index is 3.44. The summed E-state index contributed by atoms with van der Waals surface area (Å²) in [5.74, 6) is -0.674. The second-order valence-electron chi connectivity index (χ2n) is 1.90. The third-order valence-corrected chi connectivity index (χ3v) is 1.88. The summed E-state index contributed by atoms with van der Waals surface area (Å²) in [6.45, 7) is 0. The predicted octanol–water partition coefficient (Wildman–Crippen LogP) is 1.73. The lowest BCUT2D eigenvalue weighted by atomic mass is 10.2. The van der Waals surface area contributed by atoms with Crippen LogP contribution < -0.4 is 0 Å². The highest BCUT2D eigenvalue weighted by Gasteiger charge is 2.08. The Morgan fingerprint density at radius 3 is 2.45 bits per heavy atom. The Morgan fingerprint density at radius 1 is 1.36 bits per heavy atom. The van der Waals surface area contributed by atoms with Crippen LogP contribution in [0.2, 0.25) is 0 Å². The second-order valence-corrected chi connectivity index (χ2v) is 2.76. The monoisotopic (exact) mass is 213 g/mol. The van der Waals surface area contributed by atoms with Crippen LogP contribution in [0.5, 0.6) is 11.5 Å².